The smallest absolute Gasteiger partial charge is 0.416 e. The first-order valence-corrected chi connectivity index (χ1v) is 9.02. The molecule has 146 valence electrons. The molecule has 2 heterocycles. The van der Waals surface area contributed by atoms with E-state index in [1.165, 1.54) is 12.1 Å². The molecule has 0 radical (unpaired) electrons. The third-order valence-corrected chi connectivity index (χ3v) is 5.45. The van der Waals surface area contributed by atoms with Crippen LogP contribution in [0.25, 0.3) is 10.9 Å². The number of carboxylic acids is 1. The van der Waals surface area contributed by atoms with Gasteiger partial charge in [-0.1, -0.05) is 12.1 Å². The zero-order chi connectivity index (χ0) is 20.1. The highest BCUT2D eigenvalue weighted by molar-refractivity contribution is 5.95. The van der Waals surface area contributed by atoms with E-state index in [2.05, 4.69) is 9.88 Å². The van der Waals surface area contributed by atoms with Crippen molar-refractivity contribution in [2.24, 2.45) is 0 Å². The van der Waals surface area contributed by atoms with Crippen LogP contribution in [0.5, 0.6) is 0 Å². The molecule has 0 spiro atoms. The molecule has 0 amide bonds. The molecule has 0 saturated carbocycles. The van der Waals surface area contributed by atoms with Crippen LogP contribution in [-0.2, 0) is 19.1 Å². The first-order valence-electron chi connectivity index (χ1n) is 9.02. The second-order valence-corrected chi connectivity index (χ2v) is 7.17. The summed E-state index contributed by atoms with van der Waals surface area (Å²) in [6.45, 7) is 3.35. The van der Waals surface area contributed by atoms with E-state index in [9.17, 15) is 23.1 Å². The lowest BCUT2D eigenvalue weighted by Gasteiger charge is -2.34. The van der Waals surface area contributed by atoms with Gasteiger partial charge in [-0.15, -0.1) is 0 Å². The fraction of sp³-hybridized carbons (Fsp3) is 0.286. The normalized spacial score (nSPS) is 17.6. The Bertz CT molecular complexity index is 1040. The molecule has 3 aromatic rings. The summed E-state index contributed by atoms with van der Waals surface area (Å²) in [5.41, 5.74) is 3.46. The van der Waals surface area contributed by atoms with Gasteiger partial charge in [0, 0.05) is 42.1 Å². The van der Waals surface area contributed by atoms with Gasteiger partial charge >= 0.3 is 12.1 Å². The number of H-pyrrole nitrogens is 1. The number of carboxylic acid groups (broad SMARTS) is 1. The van der Waals surface area contributed by atoms with Crippen molar-refractivity contribution in [1.82, 2.24) is 9.88 Å². The van der Waals surface area contributed by atoms with Crippen molar-refractivity contribution < 1.29 is 23.1 Å². The summed E-state index contributed by atoms with van der Waals surface area (Å²) in [6, 6.07) is 10.3. The van der Waals surface area contributed by atoms with Crippen LogP contribution < -0.4 is 0 Å². The maximum absolute atomic E-state index is 12.8. The molecule has 4 rings (SSSR count). The Hall–Kier alpha value is -2.80. The third-order valence-electron chi connectivity index (χ3n) is 5.45. The molecule has 1 aliphatic rings. The van der Waals surface area contributed by atoms with Crippen molar-refractivity contribution >= 4 is 16.9 Å². The minimum atomic E-state index is -4.34. The van der Waals surface area contributed by atoms with E-state index < -0.39 is 17.7 Å². The molecule has 1 unspecified atom stereocenters. The average Bonchev–Trinajstić information content (AvgIpc) is 3.02. The SMILES string of the molecule is CC1c2c([nH]c3ccc(C(=O)O)cc23)CCN1Cc1ccc(C(F)(F)F)cc1. The molecule has 1 aromatic heterocycles. The van der Waals surface area contributed by atoms with Gasteiger partial charge < -0.3 is 10.1 Å². The Morgan fingerprint density at radius 3 is 2.57 bits per heavy atom. The Labute approximate surface area is 159 Å². The van der Waals surface area contributed by atoms with Crippen molar-refractivity contribution in [1.29, 1.82) is 0 Å². The topological polar surface area (TPSA) is 56.3 Å². The molecular formula is C21H19F3N2O2. The molecule has 0 aliphatic carbocycles. The second kappa shape index (κ2) is 6.67. The number of aromatic amines is 1. The van der Waals surface area contributed by atoms with Gasteiger partial charge in [0.25, 0.3) is 0 Å². The molecule has 0 bridgehead atoms. The number of nitrogens with one attached hydrogen (secondary N) is 1. The summed E-state index contributed by atoms with van der Waals surface area (Å²) in [7, 11) is 0. The number of hydrogen-bond acceptors (Lipinski definition) is 2. The Balaban J connectivity index is 1.62. The molecule has 28 heavy (non-hydrogen) atoms. The lowest BCUT2D eigenvalue weighted by Crippen LogP contribution is -2.33. The summed E-state index contributed by atoms with van der Waals surface area (Å²) in [4.78, 5) is 16.9. The number of rotatable bonds is 3. The first-order chi connectivity index (χ1) is 13.2. The molecule has 0 fully saturated rings. The highest BCUT2D eigenvalue weighted by atomic mass is 19.4. The maximum atomic E-state index is 12.8. The van der Waals surface area contributed by atoms with Crippen LogP contribution in [0, 0.1) is 0 Å². The van der Waals surface area contributed by atoms with Crippen LogP contribution in [0.3, 0.4) is 0 Å². The van der Waals surface area contributed by atoms with Crippen LogP contribution in [0.15, 0.2) is 42.5 Å². The lowest BCUT2D eigenvalue weighted by molar-refractivity contribution is -0.137. The van der Waals surface area contributed by atoms with Gasteiger partial charge in [0.05, 0.1) is 11.1 Å². The molecular weight excluding hydrogens is 369 g/mol. The largest absolute Gasteiger partial charge is 0.478 e. The second-order valence-electron chi connectivity index (χ2n) is 7.17. The van der Waals surface area contributed by atoms with E-state index in [-0.39, 0.29) is 11.6 Å². The number of nitrogens with zero attached hydrogens (tertiary/aromatic N) is 1. The molecule has 2 aromatic carbocycles. The van der Waals surface area contributed by atoms with Gasteiger partial charge in [0.2, 0.25) is 0 Å². The summed E-state index contributed by atoms with van der Waals surface area (Å²) in [5.74, 6) is -0.970. The molecule has 4 nitrogen and oxygen atoms in total. The minimum absolute atomic E-state index is 0.0174. The molecule has 1 aliphatic heterocycles. The van der Waals surface area contributed by atoms with Gasteiger partial charge in [0.1, 0.15) is 0 Å². The Morgan fingerprint density at radius 2 is 1.93 bits per heavy atom. The van der Waals surface area contributed by atoms with E-state index in [0.717, 1.165) is 52.8 Å². The Morgan fingerprint density at radius 1 is 1.21 bits per heavy atom. The van der Waals surface area contributed by atoms with E-state index in [0.29, 0.717) is 6.54 Å². The number of carbonyl (C=O) groups is 1. The van der Waals surface area contributed by atoms with Crippen molar-refractivity contribution in [3.05, 3.63) is 70.4 Å². The quantitative estimate of drug-likeness (QED) is 0.664. The highest BCUT2D eigenvalue weighted by Gasteiger charge is 2.31. The van der Waals surface area contributed by atoms with Crippen LogP contribution in [-0.4, -0.2) is 27.5 Å². The van der Waals surface area contributed by atoms with Crippen LogP contribution in [0.4, 0.5) is 13.2 Å². The van der Waals surface area contributed by atoms with E-state index in [4.69, 9.17) is 0 Å². The maximum Gasteiger partial charge on any atom is 0.416 e. The fourth-order valence-electron chi connectivity index (χ4n) is 3.96. The number of aromatic carboxylic acids is 1. The predicted octanol–water partition coefficient (Wildman–Crippen LogP) is 5.00. The van der Waals surface area contributed by atoms with Crippen molar-refractivity contribution in [2.45, 2.75) is 32.1 Å². The van der Waals surface area contributed by atoms with Crippen LogP contribution >= 0.6 is 0 Å². The molecule has 0 saturated heterocycles. The third kappa shape index (κ3) is 3.26. The summed E-state index contributed by atoms with van der Waals surface area (Å²) in [5, 5.41) is 10.2. The zero-order valence-electron chi connectivity index (χ0n) is 15.2. The monoisotopic (exact) mass is 388 g/mol. The summed E-state index contributed by atoms with van der Waals surface area (Å²) in [6.07, 6.45) is -3.56. The highest BCUT2D eigenvalue weighted by Crippen LogP contribution is 2.37. The molecule has 7 heteroatoms. The number of halogens is 3. The van der Waals surface area contributed by atoms with Gasteiger partial charge in [-0.25, -0.2) is 4.79 Å². The first kappa shape index (κ1) is 18.6. The van der Waals surface area contributed by atoms with Gasteiger partial charge in [0.15, 0.2) is 0 Å². The number of alkyl halides is 3. The average molecular weight is 388 g/mol. The van der Waals surface area contributed by atoms with Gasteiger partial charge in [-0.05, 0) is 48.4 Å². The van der Waals surface area contributed by atoms with Crippen LogP contribution in [0.2, 0.25) is 0 Å². The number of fused-ring (bicyclic) bond motifs is 3. The zero-order valence-corrected chi connectivity index (χ0v) is 15.2. The predicted molar refractivity (Wildman–Crippen MR) is 99.2 cm³/mol. The number of aromatic nitrogens is 1. The van der Waals surface area contributed by atoms with Crippen molar-refractivity contribution in [2.75, 3.05) is 6.54 Å². The van der Waals surface area contributed by atoms with Gasteiger partial charge in [-0.3, -0.25) is 4.90 Å². The fourth-order valence-corrected chi connectivity index (χ4v) is 3.96. The van der Waals surface area contributed by atoms with Crippen LogP contribution in [0.1, 0.15) is 45.7 Å². The number of hydrogen-bond donors (Lipinski definition) is 2. The van der Waals surface area contributed by atoms with E-state index >= 15 is 0 Å². The van der Waals surface area contributed by atoms with Crippen molar-refractivity contribution in [3.8, 4) is 0 Å². The molecule has 2 N–H and O–H groups in total. The van der Waals surface area contributed by atoms with E-state index in [1.807, 2.05) is 6.92 Å². The standard InChI is InChI=1S/C21H19F3N2O2/c1-12-19-16-10-14(20(27)28)4-7-17(16)25-18(19)8-9-26(12)11-13-2-5-15(6-3-13)21(22,23)24/h2-7,10,12,25H,8-9,11H2,1H3,(H,27,28). The minimum Gasteiger partial charge on any atom is -0.478 e. The lowest BCUT2D eigenvalue weighted by atomic mass is 9.95. The Kier molecular flexibility index (Phi) is 4.42. The summed E-state index contributed by atoms with van der Waals surface area (Å²) >= 11 is 0. The number of benzene rings is 2. The molecule has 1 atom stereocenters. The summed E-state index contributed by atoms with van der Waals surface area (Å²) < 4.78 is 38.3. The van der Waals surface area contributed by atoms with Gasteiger partial charge in [-0.2, -0.15) is 13.2 Å². The van der Waals surface area contributed by atoms with Crippen molar-refractivity contribution in [3.63, 3.8) is 0 Å². The van der Waals surface area contributed by atoms with E-state index in [1.54, 1.807) is 18.2 Å².